The van der Waals surface area contributed by atoms with Crippen molar-refractivity contribution in [2.24, 2.45) is 0 Å². The maximum absolute atomic E-state index is 13.2. The highest BCUT2D eigenvalue weighted by Gasteiger charge is 2.21. The van der Waals surface area contributed by atoms with Gasteiger partial charge in [0.2, 0.25) is 5.91 Å². The van der Waals surface area contributed by atoms with Crippen LogP contribution in [0.4, 0.5) is 5.69 Å². The number of aryl methyl sites for hydroxylation is 2. The second-order valence-electron chi connectivity index (χ2n) is 7.17. The van der Waals surface area contributed by atoms with E-state index in [9.17, 15) is 4.79 Å². The van der Waals surface area contributed by atoms with Crippen LogP contribution in [0.3, 0.4) is 0 Å². The number of rotatable bonds is 8. The Morgan fingerprint density at radius 1 is 0.966 bits per heavy atom. The van der Waals surface area contributed by atoms with Gasteiger partial charge in [-0.3, -0.25) is 4.79 Å². The average Bonchev–Trinajstić information content (AvgIpc) is 2.73. The van der Waals surface area contributed by atoms with Crippen molar-refractivity contribution in [3.63, 3.8) is 0 Å². The average molecular weight is 389 g/mol. The number of hydrogen-bond donors (Lipinski definition) is 2. The van der Waals surface area contributed by atoms with Crippen LogP contribution < -0.4 is 15.4 Å². The number of carbonyl (C=O) groups is 1. The molecule has 3 aromatic carbocycles. The van der Waals surface area contributed by atoms with Crippen LogP contribution in [0.5, 0.6) is 5.75 Å². The lowest BCUT2D eigenvalue weighted by Gasteiger charge is -2.20. The largest absolute Gasteiger partial charge is 0.495 e. The predicted octanol–water partition coefficient (Wildman–Crippen LogP) is 4.82. The van der Waals surface area contributed by atoms with E-state index in [2.05, 4.69) is 29.7 Å². The van der Waals surface area contributed by atoms with Gasteiger partial charge in [-0.2, -0.15) is 0 Å². The molecule has 0 saturated heterocycles. The molecule has 2 N–H and O–H groups in total. The zero-order valence-corrected chi connectivity index (χ0v) is 17.2. The van der Waals surface area contributed by atoms with E-state index in [4.69, 9.17) is 4.74 Å². The van der Waals surface area contributed by atoms with E-state index in [1.165, 1.54) is 11.1 Å². The number of carbonyl (C=O) groups excluding carboxylic acids is 1. The highest BCUT2D eigenvalue weighted by atomic mass is 16.5. The molecule has 1 amide bonds. The molecule has 0 aliphatic carbocycles. The van der Waals surface area contributed by atoms with Gasteiger partial charge in [-0.1, -0.05) is 60.7 Å². The Morgan fingerprint density at radius 2 is 1.69 bits per heavy atom. The van der Waals surface area contributed by atoms with Gasteiger partial charge < -0.3 is 15.4 Å². The molecule has 0 spiro atoms. The first kappa shape index (κ1) is 20.6. The van der Waals surface area contributed by atoms with E-state index < -0.39 is 6.04 Å². The molecule has 4 heteroatoms. The van der Waals surface area contributed by atoms with Crippen LogP contribution in [-0.2, 0) is 11.2 Å². The predicted molar refractivity (Wildman–Crippen MR) is 118 cm³/mol. The van der Waals surface area contributed by atoms with E-state index in [0.29, 0.717) is 18.0 Å². The summed E-state index contributed by atoms with van der Waals surface area (Å²) in [5.41, 5.74) is 5.22. The molecular formula is C25H28N2O2. The van der Waals surface area contributed by atoms with Crippen LogP contribution in [0.2, 0.25) is 0 Å². The van der Waals surface area contributed by atoms with Crippen molar-refractivity contribution in [1.82, 2.24) is 5.32 Å². The lowest BCUT2D eigenvalue weighted by atomic mass is 10.0. The second-order valence-corrected chi connectivity index (χ2v) is 7.17. The fourth-order valence-corrected chi connectivity index (χ4v) is 3.37. The van der Waals surface area contributed by atoms with Crippen molar-refractivity contribution in [2.45, 2.75) is 26.3 Å². The molecule has 0 heterocycles. The maximum atomic E-state index is 13.2. The molecule has 0 unspecified atom stereocenters. The molecule has 0 aliphatic heterocycles. The zero-order chi connectivity index (χ0) is 20.6. The minimum Gasteiger partial charge on any atom is -0.495 e. The zero-order valence-electron chi connectivity index (χ0n) is 17.2. The lowest BCUT2D eigenvalue weighted by Crippen LogP contribution is -2.34. The normalized spacial score (nSPS) is 11.7. The molecule has 29 heavy (non-hydrogen) atoms. The van der Waals surface area contributed by atoms with Gasteiger partial charge in [0.15, 0.2) is 0 Å². The Kier molecular flexibility index (Phi) is 7.04. The quantitative estimate of drug-likeness (QED) is 0.581. The van der Waals surface area contributed by atoms with Crippen LogP contribution >= 0.6 is 0 Å². The Morgan fingerprint density at radius 3 is 2.41 bits per heavy atom. The number of methoxy groups -OCH3 is 1. The molecule has 3 rings (SSSR count). The molecule has 150 valence electrons. The highest BCUT2D eigenvalue weighted by molar-refractivity contribution is 5.96. The summed E-state index contributed by atoms with van der Waals surface area (Å²) in [7, 11) is 1.61. The van der Waals surface area contributed by atoms with E-state index >= 15 is 0 Å². The summed E-state index contributed by atoms with van der Waals surface area (Å²) in [5, 5.41) is 6.47. The van der Waals surface area contributed by atoms with Gasteiger partial charge in [0.25, 0.3) is 0 Å². The smallest absolute Gasteiger partial charge is 0.246 e. The molecule has 0 aromatic heterocycles. The molecule has 0 saturated carbocycles. The number of anilines is 1. The first-order valence-corrected chi connectivity index (χ1v) is 9.87. The molecule has 0 radical (unpaired) electrons. The number of ether oxygens (including phenoxy) is 1. The van der Waals surface area contributed by atoms with Crippen LogP contribution in [0.1, 0.15) is 28.3 Å². The fraction of sp³-hybridized carbons (Fsp3) is 0.240. The highest BCUT2D eigenvalue weighted by Crippen LogP contribution is 2.26. The van der Waals surface area contributed by atoms with Crippen LogP contribution in [0.25, 0.3) is 0 Å². The van der Waals surface area contributed by atoms with E-state index in [1.807, 2.05) is 67.6 Å². The van der Waals surface area contributed by atoms with Crippen molar-refractivity contribution in [2.75, 3.05) is 19.0 Å². The molecular weight excluding hydrogens is 360 g/mol. The van der Waals surface area contributed by atoms with Crippen molar-refractivity contribution >= 4 is 11.6 Å². The SMILES string of the molecule is COc1ccc(C)cc1NC(=O)[C@@H](NCCc1ccccc1C)c1ccccc1. The summed E-state index contributed by atoms with van der Waals surface area (Å²) < 4.78 is 5.40. The second kappa shape index (κ2) is 9.89. The number of hydrogen-bond acceptors (Lipinski definition) is 3. The van der Waals surface area contributed by atoms with E-state index in [0.717, 1.165) is 17.5 Å². The summed E-state index contributed by atoms with van der Waals surface area (Å²) >= 11 is 0. The lowest BCUT2D eigenvalue weighted by molar-refractivity contribution is -0.118. The van der Waals surface area contributed by atoms with E-state index in [1.54, 1.807) is 7.11 Å². The van der Waals surface area contributed by atoms with Crippen molar-refractivity contribution in [3.05, 3.63) is 95.1 Å². The standard InChI is InChI=1S/C25H28N2O2/c1-18-13-14-23(29-3)22(17-18)27-25(28)24(21-11-5-4-6-12-21)26-16-15-20-10-8-7-9-19(20)2/h4-14,17,24,26H,15-16H2,1-3H3,(H,27,28)/t24-/m0/s1. The Balaban J connectivity index is 1.76. The molecule has 3 aromatic rings. The minimum absolute atomic E-state index is 0.107. The van der Waals surface area contributed by atoms with Crippen molar-refractivity contribution in [1.29, 1.82) is 0 Å². The molecule has 0 fully saturated rings. The molecule has 1 atom stereocenters. The number of amides is 1. The molecule has 0 aliphatic rings. The van der Waals surface area contributed by atoms with Gasteiger partial charge in [0.1, 0.15) is 11.8 Å². The van der Waals surface area contributed by atoms with Crippen molar-refractivity contribution < 1.29 is 9.53 Å². The monoisotopic (exact) mass is 388 g/mol. The first-order valence-electron chi connectivity index (χ1n) is 9.87. The summed E-state index contributed by atoms with van der Waals surface area (Å²) in [6.07, 6.45) is 0.858. The van der Waals surface area contributed by atoms with Gasteiger partial charge in [0.05, 0.1) is 12.8 Å². The van der Waals surface area contributed by atoms with Crippen molar-refractivity contribution in [3.8, 4) is 5.75 Å². The third-order valence-corrected chi connectivity index (χ3v) is 5.01. The third kappa shape index (κ3) is 5.46. The van der Waals surface area contributed by atoms with Gasteiger partial charge in [-0.05, 0) is 54.7 Å². The minimum atomic E-state index is -0.453. The first-order chi connectivity index (χ1) is 14.1. The molecule has 0 bridgehead atoms. The Labute approximate surface area is 172 Å². The maximum Gasteiger partial charge on any atom is 0.246 e. The van der Waals surface area contributed by atoms with Crippen LogP contribution in [0.15, 0.2) is 72.8 Å². The van der Waals surface area contributed by atoms with Gasteiger partial charge in [-0.15, -0.1) is 0 Å². The number of nitrogens with one attached hydrogen (secondary N) is 2. The van der Waals surface area contributed by atoms with E-state index in [-0.39, 0.29) is 5.91 Å². The fourth-order valence-electron chi connectivity index (χ4n) is 3.37. The Bertz CT molecular complexity index is 954. The Hall–Kier alpha value is -3.11. The van der Waals surface area contributed by atoms with Crippen LogP contribution in [-0.4, -0.2) is 19.6 Å². The molecule has 4 nitrogen and oxygen atoms in total. The number of benzene rings is 3. The topological polar surface area (TPSA) is 50.4 Å². The van der Waals surface area contributed by atoms with Gasteiger partial charge in [0, 0.05) is 6.54 Å². The summed E-state index contributed by atoms with van der Waals surface area (Å²) in [6, 6.07) is 23.4. The van der Waals surface area contributed by atoms with Gasteiger partial charge in [-0.25, -0.2) is 0 Å². The van der Waals surface area contributed by atoms with Gasteiger partial charge >= 0.3 is 0 Å². The van der Waals surface area contributed by atoms with Crippen LogP contribution in [0, 0.1) is 13.8 Å². The summed E-state index contributed by atoms with van der Waals surface area (Å²) in [5.74, 6) is 0.542. The summed E-state index contributed by atoms with van der Waals surface area (Å²) in [6.45, 7) is 4.80. The summed E-state index contributed by atoms with van der Waals surface area (Å²) in [4.78, 5) is 13.2. The third-order valence-electron chi connectivity index (χ3n) is 5.01.